The first kappa shape index (κ1) is 23.1. The van der Waals surface area contributed by atoms with Crippen molar-refractivity contribution >= 4 is 15.9 Å². The predicted octanol–water partition coefficient (Wildman–Crippen LogP) is 4.58. The molecule has 33 heavy (non-hydrogen) atoms. The summed E-state index contributed by atoms with van der Waals surface area (Å²) < 4.78 is 65.3. The zero-order valence-corrected chi connectivity index (χ0v) is 19.4. The van der Waals surface area contributed by atoms with E-state index < -0.39 is 21.8 Å². The van der Waals surface area contributed by atoms with Gasteiger partial charge in [-0.25, -0.2) is 8.42 Å². The maximum Gasteiger partial charge on any atom is 0.416 e. The van der Waals surface area contributed by atoms with E-state index in [4.69, 9.17) is 0 Å². The molecule has 1 aliphatic heterocycles. The molecule has 0 aromatic heterocycles. The fourth-order valence-electron chi connectivity index (χ4n) is 7.19. The summed E-state index contributed by atoms with van der Waals surface area (Å²) in [4.78, 5) is 12.7. The number of halogens is 3. The Kier molecular flexibility index (Phi) is 5.79. The van der Waals surface area contributed by atoms with Crippen molar-refractivity contribution in [2.75, 3.05) is 13.1 Å². The van der Waals surface area contributed by atoms with E-state index in [2.05, 4.69) is 5.32 Å². The largest absolute Gasteiger partial charge is 0.416 e. The van der Waals surface area contributed by atoms with Gasteiger partial charge in [0.25, 0.3) is 0 Å². The number of nitrogens with zero attached hydrogens (tertiary/aromatic N) is 1. The molecule has 1 N–H and O–H groups in total. The molecule has 182 valence electrons. The van der Waals surface area contributed by atoms with Crippen molar-refractivity contribution in [1.29, 1.82) is 0 Å². The lowest BCUT2D eigenvalue weighted by molar-refractivity contribution is -0.137. The summed E-state index contributed by atoms with van der Waals surface area (Å²) in [7, 11) is -3.85. The van der Waals surface area contributed by atoms with Crippen LogP contribution in [0.3, 0.4) is 0 Å². The number of nitrogens with one attached hydrogen (secondary N) is 1. The molecule has 0 unspecified atom stereocenters. The topological polar surface area (TPSA) is 66.5 Å². The highest BCUT2D eigenvalue weighted by Gasteiger charge is 2.51. The van der Waals surface area contributed by atoms with Gasteiger partial charge in [0.05, 0.1) is 10.5 Å². The monoisotopic (exact) mass is 484 g/mol. The first-order valence-electron chi connectivity index (χ1n) is 12.0. The molecule has 1 heterocycles. The number of carbonyl (C=O) groups excluding carboxylic acids is 1. The molecule has 4 aliphatic carbocycles. The van der Waals surface area contributed by atoms with Crippen molar-refractivity contribution in [2.45, 2.75) is 74.4 Å². The average Bonchev–Trinajstić information content (AvgIpc) is 2.72. The highest BCUT2D eigenvalue weighted by atomic mass is 32.2. The van der Waals surface area contributed by atoms with Crippen LogP contribution >= 0.6 is 0 Å². The lowest BCUT2D eigenvalue weighted by Crippen LogP contribution is -2.60. The molecular weight excluding hydrogens is 453 g/mol. The maximum atomic E-state index is 12.9. The van der Waals surface area contributed by atoms with Gasteiger partial charge in [-0.1, -0.05) is 0 Å². The number of benzene rings is 1. The van der Waals surface area contributed by atoms with E-state index in [-0.39, 0.29) is 35.3 Å². The van der Waals surface area contributed by atoms with Crippen LogP contribution in [0.4, 0.5) is 13.2 Å². The molecule has 5 aliphatic rings. The van der Waals surface area contributed by atoms with E-state index in [0.29, 0.717) is 19.3 Å². The number of alkyl halides is 3. The average molecular weight is 485 g/mol. The lowest BCUT2D eigenvalue weighted by Gasteiger charge is -2.57. The minimum absolute atomic E-state index is 0.0154. The van der Waals surface area contributed by atoms with Crippen molar-refractivity contribution in [3.8, 4) is 0 Å². The molecule has 1 aromatic carbocycles. The molecule has 4 saturated carbocycles. The van der Waals surface area contributed by atoms with Crippen LogP contribution in [0, 0.1) is 23.7 Å². The van der Waals surface area contributed by atoms with Crippen molar-refractivity contribution in [3.05, 3.63) is 29.8 Å². The third-order valence-corrected chi connectivity index (χ3v) is 10.2. The summed E-state index contributed by atoms with van der Waals surface area (Å²) in [6, 6.07) is 3.63. The van der Waals surface area contributed by atoms with Gasteiger partial charge in [0.1, 0.15) is 0 Å². The van der Waals surface area contributed by atoms with E-state index in [0.717, 1.165) is 61.3 Å². The number of hydrogen-bond donors (Lipinski definition) is 1. The Hall–Kier alpha value is -1.61. The molecule has 5 nitrogen and oxygen atoms in total. The highest BCUT2D eigenvalue weighted by molar-refractivity contribution is 7.89. The Morgan fingerprint density at radius 1 is 0.970 bits per heavy atom. The van der Waals surface area contributed by atoms with Crippen LogP contribution in [0.15, 0.2) is 29.2 Å². The van der Waals surface area contributed by atoms with Gasteiger partial charge < -0.3 is 5.32 Å². The maximum absolute atomic E-state index is 12.9. The Balaban J connectivity index is 1.15. The first-order chi connectivity index (χ1) is 15.5. The Labute approximate surface area is 193 Å². The van der Waals surface area contributed by atoms with Crippen LogP contribution in [0.25, 0.3) is 0 Å². The Morgan fingerprint density at radius 3 is 1.97 bits per heavy atom. The fourth-order valence-corrected chi connectivity index (χ4v) is 8.66. The number of hydrogen-bond acceptors (Lipinski definition) is 3. The van der Waals surface area contributed by atoms with Gasteiger partial charge in [-0.15, -0.1) is 0 Å². The number of piperidine rings is 1. The lowest BCUT2D eigenvalue weighted by atomic mass is 9.53. The van der Waals surface area contributed by atoms with Crippen molar-refractivity contribution in [1.82, 2.24) is 9.62 Å². The van der Waals surface area contributed by atoms with Gasteiger partial charge in [-0.2, -0.15) is 17.5 Å². The molecule has 6 rings (SSSR count). The van der Waals surface area contributed by atoms with Crippen LogP contribution in [0.2, 0.25) is 0 Å². The third-order valence-electron chi connectivity index (χ3n) is 8.31. The zero-order chi connectivity index (χ0) is 23.4. The van der Waals surface area contributed by atoms with Gasteiger partial charge in [-0.05, 0) is 99.3 Å². The SMILES string of the molecule is O=C(CC1CCN(S(=O)(=O)c2ccc(C(F)(F)F)cc2)CC1)NC12CC3CC(CC(C3)C1)C2. The number of carbonyl (C=O) groups is 1. The molecule has 0 radical (unpaired) electrons. The smallest absolute Gasteiger partial charge is 0.351 e. The van der Waals surface area contributed by atoms with Gasteiger partial charge in [0.2, 0.25) is 15.9 Å². The van der Waals surface area contributed by atoms with Crippen LogP contribution in [-0.2, 0) is 21.0 Å². The zero-order valence-electron chi connectivity index (χ0n) is 18.6. The summed E-state index contributed by atoms with van der Waals surface area (Å²) in [6.45, 7) is 0.553. The van der Waals surface area contributed by atoms with E-state index in [1.165, 1.54) is 23.6 Å². The van der Waals surface area contributed by atoms with E-state index in [9.17, 15) is 26.4 Å². The highest BCUT2D eigenvalue weighted by Crippen LogP contribution is 2.55. The number of amides is 1. The summed E-state index contributed by atoms with van der Waals surface area (Å²) in [6.07, 6.45) is 4.34. The molecule has 1 aromatic rings. The van der Waals surface area contributed by atoms with E-state index in [1.807, 2.05) is 0 Å². The number of sulfonamides is 1. The van der Waals surface area contributed by atoms with Gasteiger partial charge in [-0.3, -0.25) is 4.79 Å². The minimum Gasteiger partial charge on any atom is -0.351 e. The molecule has 9 heteroatoms. The minimum atomic E-state index is -4.50. The van der Waals surface area contributed by atoms with Gasteiger partial charge >= 0.3 is 6.18 Å². The van der Waals surface area contributed by atoms with E-state index in [1.54, 1.807) is 0 Å². The molecule has 1 amide bonds. The van der Waals surface area contributed by atoms with Crippen LogP contribution < -0.4 is 5.32 Å². The summed E-state index contributed by atoms with van der Waals surface area (Å²) in [5.74, 6) is 2.49. The summed E-state index contributed by atoms with van der Waals surface area (Å²) in [5.41, 5.74) is -0.886. The van der Waals surface area contributed by atoms with Crippen LogP contribution in [0.5, 0.6) is 0 Å². The number of rotatable bonds is 5. The van der Waals surface area contributed by atoms with Gasteiger partial charge in [0.15, 0.2) is 0 Å². The van der Waals surface area contributed by atoms with Crippen molar-refractivity contribution < 1.29 is 26.4 Å². The molecule has 1 saturated heterocycles. The normalized spacial score (nSPS) is 32.8. The van der Waals surface area contributed by atoms with Crippen LogP contribution in [-0.4, -0.2) is 37.3 Å². The second kappa shape index (κ2) is 8.26. The quantitative estimate of drug-likeness (QED) is 0.665. The van der Waals surface area contributed by atoms with Crippen molar-refractivity contribution in [3.63, 3.8) is 0 Å². The summed E-state index contributed by atoms with van der Waals surface area (Å²) >= 11 is 0. The molecular formula is C24H31F3N2O3S. The Morgan fingerprint density at radius 2 is 1.48 bits per heavy atom. The standard InChI is InChI=1S/C24H31F3N2O3S/c25-24(26,27)20-1-3-21(4-2-20)33(31,32)29-7-5-16(6-8-29)12-22(30)28-23-13-17-9-18(14-23)11-19(10-17)15-23/h1-4,16-19H,5-15H2,(H,28,30). The molecule has 4 bridgehead atoms. The first-order valence-corrected chi connectivity index (χ1v) is 13.4. The molecule has 0 atom stereocenters. The van der Waals surface area contributed by atoms with Gasteiger partial charge in [0, 0.05) is 25.0 Å². The third kappa shape index (κ3) is 4.67. The van der Waals surface area contributed by atoms with Crippen LogP contribution in [0.1, 0.15) is 63.4 Å². The Bertz CT molecular complexity index is 963. The second-order valence-electron chi connectivity index (χ2n) is 10.8. The van der Waals surface area contributed by atoms with E-state index >= 15 is 0 Å². The molecule has 5 fully saturated rings. The summed E-state index contributed by atoms with van der Waals surface area (Å²) in [5, 5.41) is 3.39. The predicted molar refractivity (Wildman–Crippen MR) is 117 cm³/mol. The fraction of sp³-hybridized carbons (Fsp3) is 0.708. The molecule has 0 spiro atoms. The van der Waals surface area contributed by atoms with Crippen molar-refractivity contribution in [2.24, 2.45) is 23.7 Å². The second-order valence-corrected chi connectivity index (χ2v) is 12.8.